The maximum atomic E-state index is 11.9. The van der Waals surface area contributed by atoms with E-state index in [1.54, 1.807) is 20.8 Å². The summed E-state index contributed by atoms with van der Waals surface area (Å²) in [5.41, 5.74) is 0.542. The third-order valence-corrected chi connectivity index (χ3v) is 11.1. The van der Waals surface area contributed by atoms with Gasteiger partial charge in [0.15, 0.2) is 0 Å². The number of halogens is 13. The lowest BCUT2D eigenvalue weighted by Gasteiger charge is -2.12. The first-order valence-corrected chi connectivity index (χ1v) is 39.5. The zero-order chi connectivity index (χ0) is 82.9. The summed E-state index contributed by atoms with van der Waals surface area (Å²) in [5.74, 6) is -4.52. The number of alkyl halides is 13. The highest BCUT2D eigenvalue weighted by Crippen LogP contribution is 2.28. The van der Waals surface area contributed by atoms with Crippen molar-refractivity contribution in [2.45, 2.75) is 501 Å². The van der Waals surface area contributed by atoms with Gasteiger partial charge < -0.3 is 0 Å². The molecule has 0 amide bonds. The Balaban J connectivity index is -0.0000000428. The molecule has 0 N–H and O–H groups in total. The van der Waals surface area contributed by atoms with Gasteiger partial charge in [-0.25, -0.2) is 30.7 Å². The molecule has 2 unspecified atom stereocenters. The van der Waals surface area contributed by atoms with Gasteiger partial charge in [0.2, 0.25) is 17.8 Å². The summed E-state index contributed by atoms with van der Waals surface area (Å²) in [6.07, 6.45) is 15.6. The second-order valence-corrected chi connectivity index (χ2v) is 29.6. The Morgan fingerprint density at radius 2 is 0.443 bits per heavy atom. The maximum Gasteiger partial charge on any atom is 0.391 e. The van der Waals surface area contributed by atoms with E-state index in [4.69, 9.17) is 0 Å². The van der Waals surface area contributed by atoms with Crippen LogP contribution in [0.5, 0.6) is 0 Å². The zero-order valence-electron chi connectivity index (χ0n) is 74.8. The first-order chi connectivity index (χ1) is 43.6. The highest BCUT2D eigenvalue weighted by atomic mass is 19.4. The van der Waals surface area contributed by atoms with Gasteiger partial charge in [0.25, 0.3) is 0 Å². The molecule has 0 aromatic rings. The molecule has 0 heterocycles. The lowest BCUT2D eigenvalue weighted by molar-refractivity contribution is -0.170. The standard InChI is InChI=1S/C6H14.C5H9F3.3C5H10F2.C5H11F.6C5H12.C4H7F3.4C4H10.C3H8/c1-5-6(2,3)4;1-3-4(2)5(6,7)8;2*1-3-4-5(2,6)7;1-3-5(6,7)4-2;1-3-4-5(2)6;3*1-4-5(2)3;3*1-3-5-4-2;1-3(2)4(5,6)7;3*1-4(2)3;1-3-4-2;1-3-2/h5H2,1-4H3;4H,3H2,1-2H3;3*3-4H2,1-2H3;5H,3-4H2,1-2H3;3*5H,4H2,1-3H3;3*3-5H2,1-2H3;3H,1-2H3;3*4H,1-3H3;3-4H2,1-2H3;3H2,1-2H3. The average Bonchev–Trinajstić information content (AvgIpc) is 2.07. The largest absolute Gasteiger partial charge is 0.391 e. The Bertz CT molecular complexity index is 1040. The van der Waals surface area contributed by atoms with Crippen molar-refractivity contribution in [2.75, 3.05) is 0 Å². The molecular weight excluding hydrogens is 1260 g/mol. The molecule has 0 rings (SSSR count). The molecule has 97 heavy (non-hydrogen) atoms. The number of hydrogen-bond acceptors (Lipinski definition) is 0. The van der Waals surface area contributed by atoms with Crippen molar-refractivity contribution in [1.29, 1.82) is 0 Å². The fourth-order valence-corrected chi connectivity index (χ4v) is 2.82. The Hall–Kier alpha value is -0.910. The van der Waals surface area contributed by atoms with E-state index in [1.807, 2.05) is 6.92 Å². The minimum absolute atomic E-state index is 0.00694. The molecule has 0 saturated heterocycles. The predicted molar refractivity (Wildman–Crippen MR) is 427 cm³/mol. The minimum Gasteiger partial charge on any atom is -0.248 e. The van der Waals surface area contributed by atoms with Crippen LogP contribution in [0, 0.1) is 52.8 Å². The minimum atomic E-state index is -4.00. The van der Waals surface area contributed by atoms with E-state index < -0.39 is 48.1 Å². The van der Waals surface area contributed by atoms with Gasteiger partial charge in [0.1, 0.15) is 0 Å². The van der Waals surface area contributed by atoms with Crippen LogP contribution in [0.4, 0.5) is 57.1 Å². The monoisotopic (exact) mass is 1450 g/mol. The summed E-state index contributed by atoms with van der Waals surface area (Å²) < 4.78 is 150. The molecule has 0 nitrogen and oxygen atoms in total. The van der Waals surface area contributed by atoms with Gasteiger partial charge in [-0.05, 0) is 74.5 Å². The van der Waals surface area contributed by atoms with Crippen LogP contribution in [0.2, 0.25) is 0 Å². The predicted octanol–water partition coefficient (Wildman–Crippen LogP) is 37.7. The molecule has 13 heteroatoms. The third kappa shape index (κ3) is 388. The summed E-state index contributed by atoms with van der Waals surface area (Å²) in [4.78, 5) is 0. The van der Waals surface area contributed by atoms with E-state index in [-0.39, 0.29) is 32.1 Å². The first-order valence-electron chi connectivity index (χ1n) is 39.5. The van der Waals surface area contributed by atoms with Gasteiger partial charge in [-0.15, -0.1) is 0 Å². The Labute approximate surface area is 608 Å². The summed E-state index contributed by atoms with van der Waals surface area (Å²) in [5, 5.41) is 0. The average molecular weight is 1450 g/mol. The van der Waals surface area contributed by atoms with Crippen LogP contribution in [0.25, 0.3) is 0 Å². The molecule has 0 aliphatic heterocycles. The Morgan fingerprint density at radius 1 is 0.268 bits per heavy atom. The molecule has 2 atom stereocenters. The van der Waals surface area contributed by atoms with Crippen LogP contribution in [-0.4, -0.2) is 36.3 Å². The van der Waals surface area contributed by atoms with Crippen molar-refractivity contribution in [3.63, 3.8) is 0 Å². The summed E-state index contributed by atoms with van der Waals surface area (Å²) in [6, 6.07) is 0. The molecule has 618 valence electrons. The van der Waals surface area contributed by atoms with Crippen LogP contribution in [0.3, 0.4) is 0 Å². The van der Waals surface area contributed by atoms with Crippen LogP contribution < -0.4 is 0 Å². The maximum absolute atomic E-state index is 11.9. The highest BCUT2D eigenvalue weighted by molar-refractivity contribution is 4.59. The van der Waals surface area contributed by atoms with E-state index >= 15 is 0 Å². The summed E-state index contributed by atoms with van der Waals surface area (Å²) >= 11 is 0. The molecule has 0 fully saturated rings. The van der Waals surface area contributed by atoms with Gasteiger partial charge >= 0.3 is 12.4 Å². The van der Waals surface area contributed by atoms with E-state index in [9.17, 15) is 57.1 Å². The Morgan fingerprint density at radius 3 is 0.443 bits per heavy atom. The van der Waals surface area contributed by atoms with E-state index in [0.717, 1.165) is 69.6 Å². The fourth-order valence-electron chi connectivity index (χ4n) is 2.82. The van der Waals surface area contributed by atoms with E-state index in [0.29, 0.717) is 24.7 Å². The lowest BCUT2D eigenvalue weighted by atomic mass is 9.94. The van der Waals surface area contributed by atoms with Crippen molar-refractivity contribution in [3.8, 4) is 0 Å². The molecule has 0 aliphatic carbocycles. The summed E-state index contributed by atoms with van der Waals surface area (Å²) in [6.45, 7) is 87.1. The van der Waals surface area contributed by atoms with Gasteiger partial charge in [-0.2, -0.15) is 26.3 Å². The topological polar surface area (TPSA) is 0 Å². The van der Waals surface area contributed by atoms with Crippen LogP contribution >= 0.6 is 0 Å². The van der Waals surface area contributed by atoms with E-state index in [2.05, 4.69) is 222 Å². The van der Waals surface area contributed by atoms with Crippen molar-refractivity contribution in [2.24, 2.45) is 52.8 Å². The summed E-state index contributed by atoms with van der Waals surface area (Å²) in [7, 11) is 0. The van der Waals surface area contributed by atoms with Crippen molar-refractivity contribution in [3.05, 3.63) is 0 Å². The highest BCUT2D eigenvalue weighted by Gasteiger charge is 2.34. The number of hydrogen-bond donors (Lipinski definition) is 0. The van der Waals surface area contributed by atoms with Crippen LogP contribution in [0.1, 0.15) is 465 Å². The second kappa shape index (κ2) is 111. The number of rotatable bonds is 19. The second-order valence-electron chi connectivity index (χ2n) is 29.6. The number of unbranched alkanes of at least 4 members (excludes halogenated alkanes) is 7. The molecule has 0 aromatic carbocycles. The molecule has 0 spiro atoms. The fraction of sp³-hybridized carbons (Fsp3) is 1.00. The SMILES string of the molecule is CC(C)C.CC(C)C.CC(C)C.CC(C)C(F)(F)F.CCC.CCC(C)(C)C.CCC(C)C.CCC(C)C.CCC(C)C.CCC(C)C(F)(F)F.CCC(F)(F)CC.CCCC.CCCC(C)(F)F.CCCC(C)(F)F.CCCC(C)F.CCCCC.CCCCC.CCCCC. The van der Waals surface area contributed by atoms with Crippen LogP contribution in [0.15, 0.2) is 0 Å². The van der Waals surface area contributed by atoms with Gasteiger partial charge in [0, 0.05) is 31.6 Å². The van der Waals surface area contributed by atoms with Gasteiger partial charge in [-0.1, -0.05) is 406 Å². The quantitative estimate of drug-likeness (QED) is 0.113. The molecule has 0 bridgehead atoms. The molecule has 0 radical (unpaired) electrons. The molecule has 0 aliphatic rings. The zero-order valence-corrected chi connectivity index (χ0v) is 74.8. The molecule has 0 aromatic heterocycles. The smallest absolute Gasteiger partial charge is 0.248 e. The Kier molecular flexibility index (Phi) is 163. The van der Waals surface area contributed by atoms with Crippen molar-refractivity contribution < 1.29 is 57.1 Å². The van der Waals surface area contributed by atoms with Gasteiger partial charge in [-0.3, -0.25) is 0 Å². The normalized spacial score (nSPS) is 10.9. The molecular formula is C84H191F13. The lowest BCUT2D eigenvalue weighted by Crippen LogP contribution is -2.18. The third-order valence-electron chi connectivity index (χ3n) is 11.1. The first kappa shape index (κ1) is 142. The van der Waals surface area contributed by atoms with Crippen molar-refractivity contribution in [1.82, 2.24) is 0 Å². The molecule has 0 saturated carbocycles. The van der Waals surface area contributed by atoms with Gasteiger partial charge in [0.05, 0.1) is 12.1 Å². The van der Waals surface area contributed by atoms with Crippen molar-refractivity contribution >= 4 is 0 Å². The van der Waals surface area contributed by atoms with E-state index in [1.165, 1.54) is 130 Å². The van der Waals surface area contributed by atoms with Crippen LogP contribution in [-0.2, 0) is 0 Å².